The summed E-state index contributed by atoms with van der Waals surface area (Å²) in [5.74, 6) is 0. The second kappa shape index (κ2) is 4.20. The molecule has 1 heteroatoms. The van der Waals surface area contributed by atoms with Gasteiger partial charge in [-0.25, -0.2) is 0 Å². The lowest BCUT2D eigenvalue weighted by molar-refractivity contribution is 0.235. The minimum absolute atomic E-state index is 0.411. The number of rotatable bonds is 3. The van der Waals surface area contributed by atoms with Crippen molar-refractivity contribution in [3.05, 3.63) is 24.9 Å². The van der Waals surface area contributed by atoms with Crippen LogP contribution < -0.4 is 0 Å². The van der Waals surface area contributed by atoms with Crippen LogP contribution in [0.3, 0.4) is 0 Å². The van der Waals surface area contributed by atoms with Gasteiger partial charge in [0.25, 0.3) is 0 Å². The van der Waals surface area contributed by atoms with Crippen LogP contribution in [0.5, 0.6) is 0 Å². The summed E-state index contributed by atoms with van der Waals surface area (Å²) < 4.78 is 0. The van der Waals surface area contributed by atoms with Gasteiger partial charge in [0, 0.05) is 18.3 Å². The first-order valence-electron chi connectivity index (χ1n) is 5.52. The lowest BCUT2D eigenvalue weighted by Crippen LogP contribution is -2.31. The van der Waals surface area contributed by atoms with Crippen LogP contribution in [0.25, 0.3) is 0 Å². The first-order valence-corrected chi connectivity index (χ1v) is 5.52. The average molecular weight is 193 g/mol. The van der Waals surface area contributed by atoms with Gasteiger partial charge in [-0.3, -0.25) is 0 Å². The van der Waals surface area contributed by atoms with E-state index in [0.29, 0.717) is 11.5 Å². The van der Waals surface area contributed by atoms with E-state index in [4.69, 9.17) is 0 Å². The van der Waals surface area contributed by atoms with Crippen LogP contribution in [0.2, 0.25) is 0 Å². The predicted octanol–water partition coefficient (Wildman–Crippen LogP) is 3.59. The molecule has 1 rings (SSSR count). The molecule has 0 bridgehead atoms. The molecule has 14 heavy (non-hydrogen) atoms. The van der Waals surface area contributed by atoms with Gasteiger partial charge in [0.2, 0.25) is 0 Å². The number of nitrogens with zero attached hydrogens (tertiary/aromatic N) is 1. The molecule has 1 atom stereocenters. The minimum atomic E-state index is 0.411. The zero-order valence-corrected chi connectivity index (χ0v) is 9.84. The fourth-order valence-electron chi connectivity index (χ4n) is 2.25. The summed E-state index contributed by atoms with van der Waals surface area (Å²) in [5.41, 5.74) is 1.51. The molecule has 1 heterocycles. The molecule has 1 nitrogen and oxygen atoms in total. The van der Waals surface area contributed by atoms with Crippen molar-refractivity contribution in [2.75, 3.05) is 6.54 Å². The van der Waals surface area contributed by atoms with Crippen LogP contribution in [0.1, 0.15) is 40.0 Å². The lowest BCUT2D eigenvalue weighted by Gasteiger charge is -2.32. The predicted molar refractivity (Wildman–Crippen MR) is 63.1 cm³/mol. The summed E-state index contributed by atoms with van der Waals surface area (Å²) in [4.78, 5) is 2.41. The van der Waals surface area contributed by atoms with Gasteiger partial charge in [0.05, 0.1) is 0 Å². The maximum absolute atomic E-state index is 4.04. The highest BCUT2D eigenvalue weighted by atomic mass is 15.2. The average Bonchev–Trinajstić information content (AvgIpc) is 2.48. The lowest BCUT2D eigenvalue weighted by atomic mass is 9.87. The van der Waals surface area contributed by atoms with Crippen LogP contribution in [0.4, 0.5) is 0 Å². The SMILES string of the molecule is C=CC(=C)N1CCCC1CC(C)(C)C. The summed E-state index contributed by atoms with van der Waals surface area (Å²) in [6.45, 7) is 15.9. The first kappa shape index (κ1) is 11.4. The fraction of sp³-hybridized carbons (Fsp3) is 0.692. The normalized spacial score (nSPS) is 22.5. The Hall–Kier alpha value is -0.720. The van der Waals surface area contributed by atoms with Crippen molar-refractivity contribution >= 4 is 0 Å². The third kappa shape index (κ3) is 2.90. The zero-order chi connectivity index (χ0) is 10.8. The Balaban J connectivity index is 2.60. The number of hydrogen-bond acceptors (Lipinski definition) is 1. The van der Waals surface area contributed by atoms with Crippen LogP contribution in [0, 0.1) is 5.41 Å². The molecule has 1 unspecified atom stereocenters. The molecule has 1 fully saturated rings. The fourth-order valence-corrected chi connectivity index (χ4v) is 2.25. The first-order chi connectivity index (χ1) is 6.44. The summed E-state index contributed by atoms with van der Waals surface area (Å²) in [6, 6.07) is 0.681. The van der Waals surface area contributed by atoms with E-state index in [0.717, 1.165) is 12.2 Å². The summed E-state index contributed by atoms with van der Waals surface area (Å²) in [5, 5.41) is 0. The van der Waals surface area contributed by atoms with Gasteiger partial charge in [-0.2, -0.15) is 0 Å². The van der Waals surface area contributed by atoms with Crippen molar-refractivity contribution in [3.8, 4) is 0 Å². The summed E-state index contributed by atoms with van der Waals surface area (Å²) in [6.07, 6.45) is 5.73. The third-order valence-corrected chi connectivity index (χ3v) is 2.83. The molecule has 0 aliphatic carbocycles. The van der Waals surface area contributed by atoms with E-state index in [1.54, 1.807) is 0 Å². The van der Waals surface area contributed by atoms with Crippen LogP contribution in [-0.2, 0) is 0 Å². The number of allylic oxidation sites excluding steroid dienone is 1. The largest absolute Gasteiger partial charge is 0.369 e. The summed E-state index contributed by atoms with van der Waals surface area (Å²) >= 11 is 0. The Morgan fingerprint density at radius 1 is 1.50 bits per heavy atom. The Morgan fingerprint density at radius 3 is 2.64 bits per heavy atom. The molecule has 0 aromatic heterocycles. The Bertz CT molecular complexity index is 222. The molecular formula is C13H23N. The Morgan fingerprint density at radius 2 is 2.14 bits per heavy atom. The van der Waals surface area contributed by atoms with E-state index in [9.17, 15) is 0 Å². The molecule has 0 N–H and O–H groups in total. The van der Waals surface area contributed by atoms with Crippen molar-refractivity contribution in [1.29, 1.82) is 0 Å². The van der Waals surface area contributed by atoms with Gasteiger partial charge in [0.1, 0.15) is 0 Å². The van der Waals surface area contributed by atoms with Crippen LogP contribution in [0.15, 0.2) is 24.9 Å². The maximum Gasteiger partial charge on any atom is 0.0295 e. The van der Waals surface area contributed by atoms with Crippen molar-refractivity contribution < 1.29 is 0 Å². The van der Waals surface area contributed by atoms with Gasteiger partial charge in [0.15, 0.2) is 0 Å². The van der Waals surface area contributed by atoms with E-state index in [-0.39, 0.29) is 0 Å². The molecule has 0 saturated carbocycles. The highest BCUT2D eigenvalue weighted by Crippen LogP contribution is 2.31. The third-order valence-electron chi connectivity index (χ3n) is 2.83. The van der Waals surface area contributed by atoms with Gasteiger partial charge in [-0.1, -0.05) is 33.9 Å². The second-order valence-electron chi connectivity index (χ2n) is 5.45. The molecule has 0 aromatic carbocycles. The van der Waals surface area contributed by atoms with E-state index < -0.39 is 0 Å². The van der Waals surface area contributed by atoms with Crippen LogP contribution in [-0.4, -0.2) is 17.5 Å². The topological polar surface area (TPSA) is 3.24 Å². The zero-order valence-electron chi connectivity index (χ0n) is 9.84. The highest BCUT2D eigenvalue weighted by Gasteiger charge is 2.28. The molecule has 80 valence electrons. The molecule has 0 amide bonds. The highest BCUT2D eigenvalue weighted by molar-refractivity contribution is 5.12. The monoisotopic (exact) mass is 193 g/mol. The number of likely N-dealkylation sites (tertiary alicyclic amines) is 1. The number of hydrogen-bond donors (Lipinski definition) is 0. The molecule has 1 saturated heterocycles. The van der Waals surface area contributed by atoms with E-state index in [2.05, 4.69) is 38.8 Å². The minimum Gasteiger partial charge on any atom is -0.369 e. The maximum atomic E-state index is 4.04. The van der Waals surface area contributed by atoms with Gasteiger partial charge < -0.3 is 4.90 Å². The van der Waals surface area contributed by atoms with Crippen LogP contribution >= 0.6 is 0 Å². The second-order valence-corrected chi connectivity index (χ2v) is 5.45. The van der Waals surface area contributed by atoms with Crippen molar-refractivity contribution in [3.63, 3.8) is 0 Å². The van der Waals surface area contributed by atoms with Crippen molar-refractivity contribution in [2.24, 2.45) is 5.41 Å². The van der Waals surface area contributed by atoms with E-state index in [1.165, 1.54) is 19.3 Å². The van der Waals surface area contributed by atoms with Gasteiger partial charge >= 0.3 is 0 Å². The molecule has 1 aliphatic rings. The van der Waals surface area contributed by atoms with Crippen molar-refractivity contribution in [1.82, 2.24) is 4.90 Å². The van der Waals surface area contributed by atoms with Gasteiger partial charge in [-0.05, 0) is 30.8 Å². The molecule has 0 radical (unpaired) electrons. The smallest absolute Gasteiger partial charge is 0.0295 e. The molecule has 0 spiro atoms. The Kier molecular flexibility index (Phi) is 3.41. The Labute approximate surface area is 88.5 Å². The van der Waals surface area contributed by atoms with Gasteiger partial charge in [-0.15, -0.1) is 0 Å². The molecule has 0 aromatic rings. The molecule has 1 aliphatic heterocycles. The van der Waals surface area contributed by atoms with E-state index in [1.807, 2.05) is 6.08 Å². The van der Waals surface area contributed by atoms with E-state index >= 15 is 0 Å². The summed E-state index contributed by atoms with van der Waals surface area (Å²) in [7, 11) is 0. The molecular weight excluding hydrogens is 170 g/mol. The quantitative estimate of drug-likeness (QED) is 0.619. The van der Waals surface area contributed by atoms with Crippen molar-refractivity contribution in [2.45, 2.75) is 46.1 Å². The standard InChI is InChI=1S/C13H23N/c1-6-11(2)14-9-7-8-12(14)10-13(3,4)5/h6,12H,1-2,7-10H2,3-5H3.